The molecule has 1 atom stereocenters. The first-order chi connectivity index (χ1) is 10.8. The average molecular weight is 326 g/mol. The third kappa shape index (κ3) is 5.71. The molecule has 0 N–H and O–H groups in total. The van der Waals surface area contributed by atoms with E-state index >= 15 is 0 Å². The van der Waals surface area contributed by atoms with Gasteiger partial charge in [-0.2, -0.15) is 0 Å². The Hall–Kier alpha value is -0.910. The maximum absolute atomic E-state index is 11.7. The Morgan fingerprint density at radius 2 is 2.14 bits per heavy atom. The van der Waals surface area contributed by atoms with Crippen molar-refractivity contribution in [2.75, 3.05) is 26.4 Å². The van der Waals surface area contributed by atoms with Gasteiger partial charge in [0.2, 0.25) is 0 Å². The van der Waals surface area contributed by atoms with Gasteiger partial charge >= 0.3 is 5.97 Å². The maximum Gasteiger partial charge on any atom is 0.340 e. The molecule has 0 aromatic carbocycles. The van der Waals surface area contributed by atoms with Gasteiger partial charge in [0.1, 0.15) is 0 Å². The average Bonchev–Trinajstić information content (AvgIpc) is 3.13. The van der Waals surface area contributed by atoms with Crippen molar-refractivity contribution in [3.63, 3.8) is 0 Å². The lowest BCUT2D eigenvalue weighted by Gasteiger charge is -2.10. The van der Waals surface area contributed by atoms with Crippen LogP contribution in [-0.2, 0) is 25.4 Å². The number of carbonyl (C=O) groups excluding carboxylic acids is 1. The minimum absolute atomic E-state index is 0.188. The minimum Gasteiger partial charge on any atom is -0.464 e. The van der Waals surface area contributed by atoms with Gasteiger partial charge < -0.3 is 14.2 Å². The fraction of sp³-hybridized carbons (Fsp3) is 0.706. The lowest BCUT2D eigenvalue weighted by molar-refractivity contribution is -0.149. The smallest absolute Gasteiger partial charge is 0.340 e. The van der Waals surface area contributed by atoms with Crippen LogP contribution in [0.3, 0.4) is 0 Å². The molecule has 2 heterocycles. The van der Waals surface area contributed by atoms with Gasteiger partial charge in [-0.25, -0.2) is 4.79 Å². The SMILES string of the molecule is CCOC(=O)C1(CCCCCCOCCc2cccs2)CO1. The Morgan fingerprint density at radius 1 is 1.32 bits per heavy atom. The van der Waals surface area contributed by atoms with Gasteiger partial charge in [0.15, 0.2) is 5.60 Å². The van der Waals surface area contributed by atoms with Crippen molar-refractivity contribution in [3.8, 4) is 0 Å². The second-order valence-electron chi connectivity index (χ2n) is 5.61. The van der Waals surface area contributed by atoms with Crippen LogP contribution < -0.4 is 0 Å². The van der Waals surface area contributed by atoms with Gasteiger partial charge in [-0.15, -0.1) is 11.3 Å². The van der Waals surface area contributed by atoms with Gasteiger partial charge in [-0.1, -0.05) is 18.9 Å². The van der Waals surface area contributed by atoms with Crippen molar-refractivity contribution in [1.82, 2.24) is 0 Å². The first kappa shape index (κ1) is 17.4. The second kappa shape index (κ2) is 9.28. The molecule has 5 heteroatoms. The molecule has 1 saturated heterocycles. The van der Waals surface area contributed by atoms with Crippen LogP contribution in [0.25, 0.3) is 0 Å². The molecule has 0 radical (unpaired) electrons. The molecule has 124 valence electrons. The molecule has 22 heavy (non-hydrogen) atoms. The molecule has 1 aromatic heterocycles. The molecule has 0 bridgehead atoms. The van der Waals surface area contributed by atoms with E-state index in [2.05, 4.69) is 17.5 Å². The lowest BCUT2D eigenvalue weighted by Crippen LogP contribution is -2.27. The normalized spacial score (nSPS) is 20.0. The van der Waals surface area contributed by atoms with Crippen LogP contribution in [0, 0.1) is 0 Å². The number of rotatable bonds is 12. The second-order valence-corrected chi connectivity index (χ2v) is 6.64. The van der Waals surface area contributed by atoms with Crippen molar-refractivity contribution in [2.45, 2.75) is 51.0 Å². The predicted molar refractivity (Wildman–Crippen MR) is 87.2 cm³/mol. The fourth-order valence-corrected chi connectivity index (χ4v) is 3.10. The molecule has 2 rings (SSSR count). The summed E-state index contributed by atoms with van der Waals surface area (Å²) >= 11 is 1.78. The zero-order valence-corrected chi connectivity index (χ0v) is 14.2. The van der Waals surface area contributed by atoms with Crippen molar-refractivity contribution in [3.05, 3.63) is 22.4 Å². The Bertz CT molecular complexity index is 426. The standard InChI is InChI=1S/C17H26O4S/c1-2-20-16(18)17(14-21-17)10-5-3-4-6-11-19-12-9-15-8-7-13-22-15/h7-8,13H,2-6,9-12,14H2,1H3. The Morgan fingerprint density at radius 3 is 2.82 bits per heavy atom. The summed E-state index contributed by atoms with van der Waals surface area (Å²) in [5.41, 5.74) is -0.604. The van der Waals surface area contributed by atoms with Gasteiger partial charge in [0.25, 0.3) is 0 Å². The number of carbonyl (C=O) groups is 1. The van der Waals surface area contributed by atoms with Crippen molar-refractivity contribution in [1.29, 1.82) is 0 Å². The number of unbranched alkanes of at least 4 members (excludes halogenated alkanes) is 3. The summed E-state index contributed by atoms with van der Waals surface area (Å²) in [7, 11) is 0. The highest BCUT2D eigenvalue weighted by molar-refractivity contribution is 7.09. The molecular weight excluding hydrogens is 300 g/mol. The Labute approximate surface area is 136 Å². The third-order valence-electron chi connectivity index (χ3n) is 3.83. The number of hydrogen-bond acceptors (Lipinski definition) is 5. The van der Waals surface area contributed by atoms with E-state index in [1.54, 1.807) is 11.3 Å². The molecule has 1 fully saturated rings. The summed E-state index contributed by atoms with van der Waals surface area (Å²) < 4.78 is 16.0. The van der Waals surface area contributed by atoms with Crippen LogP contribution in [0.1, 0.15) is 43.9 Å². The fourth-order valence-electron chi connectivity index (χ4n) is 2.41. The molecule has 0 saturated carbocycles. The largest absolute Gasteiger partial charge is 0.464 e. The number of ether oxygens (including phenoxy) is 3. The van der Waals surface area contributed by atoms with Crippen LogP contribution in [0.5, 0.6) is 0 Å². The molecule has 4 nitrogen and oxygen atoms in total. The summed E-state index contributed by atoms with van der Waals surface area (Å²) in [4.78, 5) is 13.1. The van der Waals surface area contributed by atoms with E-state index < -0.39 is 5.60 Å². The number of hydrogen-bond donors (Lipinski definition) is 0. The van der Waals surface area contributed by atoms with Gasteiger partial charge in [-0.05, 0) is 37.6 Å². The van der Waals surface area contributed by atoms with Gasteiger partial charge in [0.05, 0.1) is 19.8 Å². The third-order valence-corrected chi connectivity index (χ3v) is 4.77. The Kier molecular flexibility index (Phi) is 7.36. The molecule has 1 aliphatic rings. The van der Waals surface area contributed by atoms with Crippen LogP contribution >= 0.6 is 11.3 Å². The summed E-state index contributed by atoms with van der Waals surface area (Å²) in [5.74, 6) is -0.188. The molecule has 0 aliphatic carbocycles. The zero-order chi connectivity index (χ0) is 15.7. The number of esters is 1. The highest BCUT2D eigenvalue weighted by atomic mass is 32.1. The molecular formula is C17H26O4S. The van der Waals surface area contributed by atoms with Crippen molar-refractivity contribution in [2.24, 2.45) is 0 Å². The quantitative estimate of drug-likeness (QED) is 0.334. The predicted octanol–water partition coefficient (Wildman–Crippen LogP) is 3.59. The lowest BCUT2D eigenvalue weighted by atomic mass is 10.0. The van der Waals surface area contributed by atoms with E-state index in [1.807, 2.05) is 6.92 Å². The van der Waals surface area contributed by atoms with Crippen LogP contribution in [0.2, 0.25) is 0 Å². The highest BCUT2D eigenvalue weighted by Crippen LogP contribution is 2.34. The van der Waals surface area contributed by atoms with E-state index in [4.69, 9.17) is 14.2 Å². The molecule has 0 spiro atoms. The van der Waals surface area contributed by atoms with Crippen molar-refractivity contribution >= 4 is 17.3 Å². The van der Waals surface area contributed by atoms with Gasteiger partial charge in [-0.3, -0.25) is 0 Å². The summed E-state index contributed by atoms with van der Waals surface area (Å²) in [5, 5.41) is 2.10. The summed E-state index contributed by atoms with van der Waals surface area (Å²) in [6.07, 6.45) is 6.13. The number of epoxide rings is 1. The van der Waals surface area contributed by atoms with E-state index in [1.165, 1.54) is 4.88 Å². The van der Waals surface area contributed by atoms with Crippen LogP contribution in [-0.4, -0.2) is 38.0 Å². The molecule has 0 amide bonds. The van der Waals surface area contributed by atoms with Crippen LogP contribution in [0.15, 0.2) is 17.5 Å². The van der Waals surface area contributed by atoms with E-state index in [-0.39, 0.29) is 5.97 Å². The highest BCUT2D eigenvalue weighted by Gasteiger charge is 2.52. The Balaban J connectivity index is 1.41. The summed E-state index contributed by atoms with van der Waals surface area (Å²) in [6.45, 7) is 4.40. The van der Waals surface area contributed by atoms with Crippen molar-refractivity contribution < 1.29 is 19.0 Å². The number of thiophene rings is 1. The maximum atomic E-state index is 11.7. The molecule has 1 aliphatic heterocycles. The van der Waals surface area contributed by atoms with E-state index in [9.17, 15) is 4.79 Å². The first-order valence-electron chi connectivity index (χ1n) is 8.18. The molecule has 1 unspecified atom stereocenters. The van der Waals surface area contributed by atoms with E-state index in [0.29, 0.717) is 13.2 Å². The first-order valence-corrected chi connectivity index (χ1v) is 9.06. The minimum atomic E-state index is -0.604. The van der Waals surface area contributed by atoms with Crippen LogP contribution in [0.4, 0.5) is 0 Å². The summed E-state index contributed by atoms with van der Waals surface area (Å²) in [6, 6.07) is 4.22. The van der Waals surface area contributed by atoms with E-state index in [0.717, 1.165) is 51.7 Å². The monoisotopic (exact) mass is 326 g/mol. The van der Waals surface area contributed by atoms with Gasteiger partial charge in [0, 0.05) is 17.9 Å². The molecule has 1 aromatic rings. The zero-order valence-electron chi connectivity index (χ0n) is 13.3. The topological polar surface area (TPSA) is 48.1 Å².